The number of nitrogens with one attached hydrogen (secondary N) is 2. The van der Waals surface area contributed by atoms with Crippen molar-refractivity contribution >= 4 is 11.7 Å². The van der Waals surface area contributed by atoms with E-state index in [1.807, 2.05) is 0 Å². The third-order valence-electron chi connectivity index (χ3n) is 1.42. The molecule has 6 heteroatoms. The fourth-order valence-electron chi connectivity index (χ4n) is 0.919. The fourth-order valence-corrected chi connectivity index (χ4v) is 0.919. The molecule has 0 fully saturated rings. The quantitative estimate of drug-likeness (QED) is 0.548. The molecule has 0 saturated heterocycles. The van der Waals surface area contributed by atoms with Crippen LogP contribution in [0.4, 0.5) is 5.82 Å². The topological polar surface area (TPSA) is 101 Å². The summed E-state index contributed by atoms with van der Waals surface area (Å²) >= 11 is 0. The van der Waals surface area contributed by atoms with Crippen LogP contribution in [0.3, 0.4) is 0 Å². The lowest BCUT2D eigenvalue weighted by atomic mass is 10.3. The fraction of sp³-hybridized carbons (Fsp3) is 0.286. The maximum Gasteiger partial charge on any atom is 0.347 e. The van der Waals surface area contributed by atoms with Gasteiger partial charge in [-0.3, -0.25) is 4.79 Å². The number of carbonyl (C=O) groups is 1. The van der Waals surface area contributed by atoms with Crippen molar-refractivity contribution in [1.82, 2.24) is 9.97 Å². The van der Waals surface area contributed by atoms with Gasteiger partial charge in [0.25, 0.3) is 0 Å². The van der Waals surface area contributed by atoms with Crippen LogP contribution in [-0.4, -0.2) is 22.9 Å². The Kier molecular flexibility index (Phi) is 2.63. The molecular formula is C7H10N4O2. The number of hydrogen-bond acceptors (Lipinski definition) is 4. The van der Waals surface area contributed by atoms with E-state index < -0.39 is 11.6 Å². The Balaban J connectivity index is 3.01. The first-order valence-electron chi connectivity index (χ1n) is 3.68. The Hall–Kier alpha value is -1.85. The number of carbonyl (C=O) groups excluding carboxylic acids is 1. The molecule has 0 aliphatic rings. The summed E-state index contributed by atoms with van der Waals surface area (Å²) in [7, 11) is 1.63. The molecule has 0 bridgehead atoms. The average Bonchev–Trinajstić information content (AvgIpc) is 2.01. The average molecular weight is 182 g/mol. The summed E-state index contributed by atoms with van der Waals surface area (Å²) in [6.45, 7) is 0. The molecule has 1 rings (SSSR count). The van der Waals surface area contributed by atoms with Crippen LogP contribution in [0.1, 0.15) is 5.69 Å². The lowest BCUT2D eigenvalue weighted by Crippen LogP contribution is -2.20. The zero-order valence-corrected chi connectivity index (χ0v) is 7.13. The second-order valence-corrected chi connectivity index (χ2v) is 2.49. The van der Waals surface area contributed by atoms with Crippen LogP contribution >= 0.6 is 0 Å². The maximum atomic E-state index is 10.9. The first-order valence-corrected chi connectivity index (χ1v) is 3.68. The second-order valence-electron chi connectivity index (χ2n) is 2.49. The van der Waals surface area contributed by atoms with Gasteiger partial charge in [-0.25, -0.2) is 4.79 Å². The van der Waals surface area contributed by atoms with E-state index >= 15 is 0 Å². The zero-order valence-electron chi connectivity index (χ0n) is 7.13. The molecule has 1 aromatic rings. The molecule has 1 aromatic heterocycles. The Morgan fingerprint density at radius 3 is 3.00 bits per heavy atom. The van der Waals surface area contributed by atoms with E-state index in [1.165, 1.54) is 0 Å². The molecule has 0 atom stereocenters. The molecule has 0 saturated carbocycles. The highest BCUT2D eigenvalue weighted by Gasteiger charge is 2.01. The molecule has 0 radical (unpaired) electrons. The largest absolute Gasteiger partial charge is 0.373 e. The molecule has 70 valence electrons. The first-order chi connectivity index (χ1) is 6.11. The number of aromatic amines is 1. The number of nitrogens with zero attached hydrogens (tertiary/aromatic N) is 1. The number of hydrogen-bond donors (Lipinski definition) is 3. The Morgan fingerprint density at radius 1 is 1.77 bits per heavy atom. The van der Waals surface area contributed by atoms with Crippen LogP contribution in [0.15, 0.2) is 10.9 Å². The molecule has 0 unspecified atom stereocenters. The van der Waals surface area contributed by atoms with Gasteiger partial charge in [-0.2, -0.15) is 4.98 Å². The van der Waals surface area contributed by atoms with Crippen LogP contribution in [0, 0.1) is 0 Å². The molecule has 0 aromatic carbocycles. The summed E-state index contributed by atoms with van der Waals surface area (Å²) in [5.41, 5.74) is 4.92. The van der Waals surface area contributed by atoms with Crippen molar-refractivity contribution in [2.45, 2.75) is 6.42 Å². The van der Waals surface area contributed by atoms with E-state index in [-0.39, 0.29) is 6.42 Å². The highest BCUT2D eigenvalue weighted by Crippen LogP contribution is 2.00. The van der Waals surface area contributed by atoms with Gasteiger partial charge >= 0.3 is 5.69 Å². The van der Waals surface area contributed by atoms with E-state index in [4.69, 9.17) is 5.73 Å². The minimum atomic E-state index is -0.497. The van der Waals surface area contributed by atoms with Gasteiger partial charge in [0.15, 0.2) is 0 Å². The number of anilines is 1. The normalized spacial score (nSPS) is 9.62. The van der Waals surface area contributed by atoms with Crippen molar-refractivity contribution in [3.05, 3.63) is 22.2 Å². The molecule has 4 N–H and O–H groups in total. The predicted octanol–water partition coefficient (Wildman–Crippen LogP) is -1.16. The van der Waals surface area contributed by atoms with E-state index in [9.17, 15) is 9.59 Å². The molecule has 0 aliphatic carbocycles. The van der Waals surface area contributed by atoms with E-state index in [1.54, 1.807) is 13.1 Å². The van der Waals surface area contributed by atoms with Crippen molar-refractivity contribution in [3.8, 4) is 0 Å². The van der Waals surface area contributed by atoms with Gasteiger partial charge < -0.3 is 16.0 Å². The van der Waals surface area contributed by atoms with Gasteiger partial charge in [0.05, 0.1) is 6.42 Å². The van der Waals surface area contributed by atoms with E-state index in [2.05, 4.69) is 15.3 Å². The van der Waals surface area contributed by atoms with Crippen molar-refractivity contribution in [1.29, 1.82) is 0 Å². The molecule has 0 spiro atoms. The van der Waals surface area contributed by atoms with Gasteiger partial charge in [-0.1, -0.05) is 0 Å². The Morgan fingerprint density at radius 2 is 2.46 bits per heavy atom. The van der Waals surface area contributed by atoms with Gasteiger partial charge in [-0.05, 0) is 0 Å². The summed E-state index contributed by atoms with van der Waals surface area (Å²) in [5, 5.41) is 2.70. The third-order valence-corrected chi connectivity index (χ3v) is 1.42. The number of rotatable bonds is 3. The van der Waals surface area contributed by atoms with E-state index in [0.717, 1.165) is 0 Å². The predicted molar refractivity (Wildman–Crippen MR) is 47.3 cm³/mol. The van der Waals surface area contributed by atoms with Gasteiger partial charge in [0.1, 0.15) is 5.82 Å². The number of H-pyrrole nitrogens is 1. The Labute approximate surface area is 74.2 Å². The summed E-state index contributed by atoms with van der Waals surface area (Å²) in [5.74, 6) is -0.0797. The maximum absolute atomic E-state index is 10.9. The van der Waals surface area contributed by atoms with Gasteiger partial charge in [0, 0.05) is 18.8 Å². The second kappa shape index (κ2) is 3.70. The minimum absolute atomic E-state index is 0.00639. The van der Waals surface area contributed by atoms with Crippen LogP contribution in [0.5, 0.6) is 0 Å². The highest BCUT2D eigenvalue weighted by molar-refractivity contribution is 5.76. The van der Waals surface area contributed by atoms with Crippen molar-refractivity contribution < 1.29 is 4.79 Å². The van der Waals surface area contributed by atoms with Crippen LogP contribution in [-0.2, 0) is 11.2 Å². The van der Waals surface area contributed by atoms with Crippen LogP contribution < -0.4 is 16.7 Å². The number of aromatic nitrogens is 2. The van der Waals surface area contributed by atoms with Crippen LogP contribution in [0.2, 0.25) is 0 Å². The smallest absolute Gasteiger partial charge is 0.347 e. The van der Waals surface area contributed by atoms with Crippen molar-refractivity contribution in [2.75, 3.05) is 12.4 Å². The monoisotopic (exact) mass is 182 g/mol. The van der Waals surface area contributed by atoms with Crippen molar-refractivity contribution in [2.24, 2.45) is 5.73 Å². The first kappa shape index (κ1) is 9.24. The summed E-state index contributed by atoms with van der Waals surface area (Å²) in [6, 6.07) is 1.56. The van der Waals surface area contributed by atoms with E-state index in [0.29, 0.717) is 11.5 Å². The standard InChI is InChI=1S/C7H10N4O2/c1-9-6-3-4(2-5(8)12)10-7(13)11-6/h3H,2H2,1H3,(H2,8,12)(H2,9,10,11,13). The molecule has 1 heterocycles. The lowest BCUT2D eigenvalue weighted by Gasteiger charge is -2.00. The van der Waals surface area contributed by atoms with Crippen LogP contribution in [0.25, 0.3) is 0 Å². The molecule has 0 aliphatic heterocycles. The zero-order chi connectivity index (χ0) is 9.84. The summed E-state index contributed by atoms with van der Waals surface area (Å²) < 4.78 is 0. The third kappa shape index (κ3) is 2.58. The summed E-state index contributed by atoms with van der Waals surface area (Å²) in [6.07, 6.45) is 0.00639. The van der Waals surface area contributed by atoms with Gasteiger partial charge in [0.2, 0.25) is 5.91 Å². The Bertz CT molecular complexity index is 371. The number of primary amides is 1. The highest BCUT2D eigenvalue weighted by atomic mass is 16.1. The molecular weight excluding hydrogens is 172 g/mol. The SMILES string of the molecule is CNc1cc(CC(N)=O)[nH]c(=O)n1. The minimum Gasteiger partial charge on any atom is -0.373 e. The molecule has 1 amide bonds. The number of nitrogens with two attached hydrogens (primary N) is 1. The summed E-state index contributed by atoms with van der Waals surface area (Å²) in [4.78, 5) is 27.4. The lowest BCUT2D eigenvalue weighted by molar-refractivity contribution is -0.117. The van der Waals surface area contributed by atoms with Gasteiger partial charge in [-0.15, -0.1) is 0 Å². The number of amides is 1. The van der Waals surface area contributed by atoms with Crippen molar-refractivity contribution in [3.63, 3.8) is 0 Å². The molecule has 13 heavy (non-hydrogen) atoms. The molecule has 6 nitrogen and oxygen atoms in total.